The molecule has 3 aromatic carbocycles. The van der Waals surface area contributed by atoms with E-state index in [0.717, 1.165) is 42.4 Å². The number of hydrogen-bond donors (Lipinski definition) is 1. The van der Waals surface area contributed by atoms with Crippen molar-refractivity contribution in [1.29, 1.82) is 0 Å². The molecule has 1 saturated carbocycles. The Morgan fingerprint density at radius 1 is 0.795 bits per heavy atom. The van der Waals surface area contributed by atoms with Crippen LogP contribution in [0.5, 0.6) is 0 Å². The first-order chi connectivity index (χ1) is 18.8. The lowest BCUT2D eigenvalue weighted by molar-refractivity contribution is -0.141. The summed E-state index contributed by atoms with van der Waals surface area (Å²) in [6.45, 7) is 7.03. The topological polar surface area (TPSA) is 49.4 Å². The second-order valence-corrected chi connectivity index (χ2v) is 12.0. The van der Waals surface area contributed by atoms with Crippen molar-refractivity contribution in [2.75, 3.05) is 0 Å². The Hall–Kier alpha value is -3.40. The minimum Gasteiger partial charge on any atom is -0.352 e. The fourth-order valence-electron chi connectivity index (χ4n) is 5.44. The molecule has 1 fully saturated rings. The summed E-state index contributed by atoms with van der Waals surface area (Å²) in [6, 6.07) is 28.3. The lowest BCUT2D eigenvalue weighted by atomic mass is 9.86. The van der Waals surface area contributed by atoms with E-state index >= 15 is 0 Å². The molecule has 0 aromatic heterocycles. The average molecular weight is 525 g/mol. The minimum absolute atomic E-state index is 0.0125. The van der Waals surface area contributed by atoms with E-state index in [-0.39, 0.29) is 23.3 Å². The number of aryl methyl sites for hydroxylation is 1. The van der Waals surface area contributed by atoms with Crippen LogP contribution in [-0.2, 0) is 34.4 Å². The van der Waals surface area contributed by atoms with Gasteiger partial charge in [0.05, 0.1) is 0 Å². The molecule has 2 amide bonds. The summed E-state index contributed by atoms with van der Waals surface area (Å²) in [5, 5.41) is 3.32. The van der Waals surface area contributed by atoms with Crippen LogP contribution in [0, 0.1) is 0 Å². The number of nitrogens with one attached hydrogen (secondary N) is 1. The van der Waals surface area contributed by atoms with Gasteiger partial charge in [-0.15, -0.1) is 0 Å². The van der Waals surface area contributed by atoms with Crippen molar-refractivity contribution in [1.82, 2.24) is 10.2 Å². The normalized spacial score (nSPS) is 14.9. The summed E-state index contributed by atoms with van der Waals surface area (Å²) in [7, 11) is 0. The van der Waals surface area contributed by atoms with Gasteiger partial charge in [-0.1, -0.05) is 125 Å². The molecule has 0 heterocycles. The van der Waals surface area contributed by atoms with Gasteiger partial charge < -0.3 is 10.2 Å². The zero-order chi connectivity index (χ0) is 27.7. The molecule has 206 valence electrons. The number of benzene rings is 3. The van der Waals surface area contributed by atoms with Gasteiger partial charge in [0, 0.05) is 25.4 Å². The van der Waals surface area contributed by atoms with Crippen LogP contribution >= 0.6 is 0 Å². The quantitative estimate of drug-likeness (QED) is 0.310. The summed E-state index contributed by atoms with van der Waals surface area (Å²) in [5.74, 6) is -0.0250. The van der Waals surface area contributed by atoms with Crippen molar-refractivity contribution in [3.8, 4) is 0 Å². The lowest BCUT2D eigenvalue weighted by Gasteiger charge is -2.33. The third-order valence-electron chi connectivity index (χ3n) is 7.87. The molecule has 0 unspecified atom stereocenters. The smallest absolute Gasteiger partial charge is 0.243 e. The monoisotopic (exact) mass is 524 g/mol. The molecule has 0 saturated heterocycles. The van der Waals surface area contributed by atoms with Gasteiger partial charge in [-0.25, -0.2) is 0 Å². The average Bonchev–Trinajstić information content (AvgIpc) is 2.95. The van der Waals surface area contributed by atoms with Crippen LogP contribution in [0.3, 0.4) is 0 Å². The first-order valence-corrected chi connectivity index (χ1v) is 14.6. The molecular formula is C35H44N2O2. The van der Waals surface area contributed by atoms with E-state index in [1.165, 1.54) is 12.0 Å². The minimum atomic E-state index is -0.565. The number of carbonyl (C=O) groups excluding carboxylic acids is 2. The Morgan fingerprint density at radius 3 is 1.97 bits per heavy atom. The SMILES string of the molecule is CC(C)(C)c1ccc(CCC(=O)N(Cc2ccccc2)[C@H](Cc2ccccc2)C(=O)NC2CCCCC2)cc1. The lowest BCUT2D eigenvalue weighted by Crippen LogP contribution is -2.52. The number of hydrogen-bond acceptors (Lipinski definition) is 2. The predicted molar refractivity (Wildman–Crippen MR) is 159 cm³/mol. The zero-order valence-corrected chi connectivity index (χ0v) is 23.9. The van der Waals surface area contributed by atoms with E-state index in [4.69, 9.17) is 0 Å². The van der Waals surface area contributed by atoms with Gasteiger partial charge in [-0.2, -0.15) is 0 Å². The number of nitrogens with zero attached hydrogens (tertiary/aromatic N) is 1. The summed E-state index contributed by atoms with van der Waals surface area (Å²) < 4.78 is 0. The first kappa shape index (κ1) is 28.6. The molecule has 4 heteroatoms. The van der Waals surface area contributed by atoms with E-state index in [9.17, 15) is 9.59 Å². The molecule has 3 aromatic rings. The molecule has 0 bridgehead atoms. The molecule has 4 rings (SSSR count). The van der Waals surface area contributed by atoms with Gasteiger partial charge in [0.25, 0.3) is 0 Å². The summed E-state index contributed by atoms with van der Waals surface area (Å²) in [5.41, 5.74) is 4.61. The largest absolute Gasteiger partial charge is 0.352 e. The maximum atomic E-state index is 13.9. The van der Waals surface area contributed by atoms with Crippen molar-refractivity contribution in [2.45, 2.75) is 96.2 Å². The summed E-state index contributed by atoms with van der Waals surface area (Å²) in [6.07, 6.45) is 7.07. The fraction of sp³-hybridized carbons (Fsp3) is 0.429. The van der Waals surface area contributed by atoms with E-state index < -0.39 is 6.04 Å². The molecule has 0 aliphatic heterocycles. The van der Waals surface area contributed by atoms with Crippen molar-refractivity contribution in [2.24, 2.45) is 0 Å². The van der Waals surface area contributed by atoms with Gasteiger partial charge in [-0.05, 0) is 46.9 Å². The van der Waals surface area contributed by atoms with Gasteiger partial charge in [0.15, 0.2) is 0 Å². The predicted octanol–water partition coefficient (Wildman–Crippen LogP) is 7.01. The zero-order valence-electron chi connectivity index (χ0n) is 23.9. The number of amides is 2. The third-order valence-corrected chi connectivity index (χ3v) is 7.87. The standard InChI is InChI=1S/C35H44N2O2/c1-35(2,3)30-22-19-27(20-23-30)21-24-33(38)37(26-29-15-9-5-10-16-29)32(25-28-13-7-4-8-14-28)34(39)36-31-17-11-6-12-18-31/h4-5,7-10,13-16,19-20,22-23,31-32H,6,11-12,17-18,21,24-26H2,1-3H3,(H,36,39)/t32-/m1/s1. The molecule has 39 heavy (non-hydrogen) atoms. The molecule has 0 spiro atoms. The molecule has 1 atom stereocenters. The van der Waals surface area contributed by atoms with E-state index in [1.807, 2.05) is 65.6 Å². The highest BCUT2D eigenvalue weighted by atomic mass is 16.2. The van der Waals surface area contributed by atoms with E-state index in [1.54, 1.807) is 0 Å². The fourth-order valence-corrected chi connectivity index (χ4v) is 5.44. The Bertz CT molecular complexity index is 1180. The Morgan fingerprint density at radius 2 is 1.38 bits per heavy atom. The van der Waals surface area contributed by atoms with Gasteiger partial charge in [0.1, 0.15) is 6.04 Å². The maximum Gasteiger partial charge on any atom is 0.243 e. The highest BCUT2D eigenvalue weighted by Crippen LogP contribution is 2.23. The van der Waals surface area contributed by atoms with Crippen LogP contribution in [0.2, 0.25) is 0 Å². The van der Waals surface area contributed by atoms with Crippen molar-refractivity contribution >= 4 is 11.8 Å². The van der Waals surface area contributed by atoms with Crippen LogP contribution in [0.25, 0.3) is 0 Å². The van der Waals surface area contributed by atoms with Crippen LogP contribution in [0.4, 0.5) is 0 Å². The van der Waals surface area contributed by atoms with Crippen molar-refractivity contribution in [3.63, 3.8) is 0 Å². The number of carbonyl (C=O) groups is 2. The van der Waals surface area contributed by atoms with Crippen LogP contribution in [0.1, 0.15) is 81.5 Å². The maximum absolute atomic E-state index is 13.9. The second-order valence-electron chi connectivity index (χ2n) is 12.0. The third kappa shape index (κ3) is 8.54. The molecular weight excluding hydrogens is 480 g/mol. The molecule has 4 nitrogen and oxygen atoms in total. The van der Waals surface area contributed by atoms with Gasteiger partial charge in [0.2, 0.25) is 11.8 Å². The van der Waals surface area contributed by atoms with Crippen LogP contribution in [0.15, 0.2) is 84.9 Å². The summed E-state index contributed by atoms with van der Waals surface area (Å²) >= 11 is 0. The molecule has 1 N–H and O–H groups in total. The van der Waals surface area contributed by atoms with Crippen LogP contribution < -0.4 is 5.32 Å². The summed E-state index contributed by atoms with van der Waals surface area (Å²) in [4.78, 5) is 29.6. The number of rotatable bonds is 10. The Balaban J connectivity index is 1.56. The highest BCUT2D eigenvalue weighted by molar-refractivity contribution is 5.88. The second kappa shape index (κ2) is 13.6. The van der Waals surface area contributed by atoms with Crippen LogP contribution in [-0.4, -0.2) is 28.8 Å². The van der Waals surface area contributed by atoms with Gasteiger partial charge in [-0.3, -0.25) is 9.59 Å². The van der Waals surface area contributed by atoms with E-state index in [0.29, 0.717) is 25.8 Å². The highest BCUT2D eigenvalue weighted by Gasteiger charge is 2.31. The van der Waals surface area contributed by atoms with Crippen molar-refractivity contribution < 1.29 is 9.59 Å². The van der Waals surface area contributed by atoms with Crippen molar-refractivity contribution in [3.05, 3.63) is 107 Å². The molecule has 1 aliphatic rings. The first-order valence-electron chi connectivity index (χ1n) is 14.6. The molecule has 1 aliphatic carbocycles. The van der Waals surface area contributed by atoms with E-state index in [2.05, 4.69) is 50.4 Å². The van der Waals surface area contributed by atoms with Gasteiger partial charge >= 0.3 is 0 Å². The Kier molecular flexibility index (Phi) is 9.97. The Labute approximate surface area is 234 Å². The molecule has 0 radical (unpaired) electrons.